The molecule has 3 heteroatoms. The summed E-state index contributed by atoms with van der Waals surface area (Å²) in [5, 5.41) is 8.61. The van der Waals surface area contributed by atoms with Gasteiger partial charge in [0.2, 0.25) is 0 Å². The molecule has 0 saturated heterocycles. The summed E-state index contributed by atoms with van der Waals surface area (Å²) in [7, 11) is 0. The van der Waals surface area contributed by atoms with E-state index >= 15 is 0 Å². The molecule has 2 N–H and O–H groups in total. The van der Waals surface area contributed by atoms with E-state index in [0.717, 1.165) is 17.1 Å². The Labute approximate surface area is 94.3 Å². The molecule has 0 amide bonds. The Morgan fingerprint density at radius 3 is 2.44 bits per heavy atom. The van der Waals surface area contributed by atoms with Crippen LogP contribution in [0.2, 0.25) is 0 Å². The van der Waals surface area contributed by atoms with Crippen molar-refractivity contribution >= 4 is 0 Å². The Hall–Kier alpha value is -1.84. The standard InChI is InChI=1S/C13H13NO2/c15-14-10-11-5-4-8-13(9-11)16-12-6-2-1-3-7-12/h1-9,14-15H,10H2. The van der Waals surface area contributed by atoms with Crippen molar-refractivity contribution in [1.82, 2.24) is 5.48 Å². The molecule has 0 spiro atoms. The first-order valence-electron chi connectivity index (χ1n) is 5.07. The fourth-order valence-electron chi connectivity index (χ4n) is 1.43. The van der Waals surface area contributed by atoms with E-state index < -0.39 is 0 Å². The first kappa shape index (κ1) is 10.7. The average Bonchev–Trinajstić information content (AvgIpc) is 2.31. The van der Waals surface area contributed by atoms with Gasteiger partial charge in [0.15, 0.2) is 0 Å². The minimum absolute atomic E-state index is 0.409. The molecule has 0 radical (unpaired) electrons. The molecule has 2 rings (SSSR count). The minimum Gasteiger partial charge on any atom is -0.457 e. The first-order chi connectivity index (χ1) is 7.88. The van der Waals surface area contributed by atoms with E-state index in [9.17, 15) is 0 Å². The van der Waals surface area contributed by atoms with Crippen molar-refractivity contribution in [3.63, 3.8) is 0 Å². The van der Waals surface area contributed by atoms with Gasteiger partial charge in [-0.2, -0.15) is 0 Å². The number of hydrogen-bond acceptors (Lipinski definition) is 3. The van der Waals surface area contributed by atoms with Crippen molar-refractivity contribution in [3.8, 4) is 11.5 Å². The molecule has 0 heterocycles. The zero-order valence-corrected chi connectivity index (χ0v) is 8.76. The van der Waals surface area contributed by atoms with Crippen molar-refractivity contribution in [2.45, 2.75) is 6.54 Å². The van der Waals surface area contributed by atoms with Crippen molar-refractivity contribution in [1.29, 1.82) is 0 Å². The van der Waals surface area contributed by atoms with Crippen LogP contribution in [0.25, 0.3) is 0 Å². The molecule has 3 nitrogen and oxygen atoms in total. The Kier molecular flexibility index (Phi) is 3.53. The van der Waals surface area contributed by atoms with Crippen molar-refractivity contribution < 1.29 is 9.94 Å². The second kappa shape index (κ2) is 5.30. The quantitative estimate of drug-likeness (QED) is 0.770. The Morgan fingerprint density at radius 1 is 0.938 bits per heavy atom. The highest BCUT2D eigenvalue weighted by Crippen LogP contribution is 2.21. The molecule has 0 aromatic heterocycles. The highest BCUT2D eigenvalue weighted by atomic mass is 16.5. The number of hydrogen-bond donors (Lipinski definition) is 2. The molecule has 0 atom stereocenters. The highest BCUT2D eigenvalue weighted by Gasteiger charge is 1.97. The van der Waals surface area contributed by atoms with E-state index in [1.807, 2.05) is 54.6 Å². The van der Waals surface area contributed by atoms with E-state index in [-0.39, 0.29) is 0 Å². The summed E-state index contributed by atoms with van der Waals surface area (Å²) >= 11 is 0. The van der Waals surface area contributed by atoms with E-state index in [2.05, 4.69) is 5.48 Å². The molecule has 2 aromatic rings. The monoisotopic (exact) mass is 215 g/mol. The summed E-state index contributed by atoms with van der Waals surface area (Å²) in [5.41, 5.74) is 3.09. The molecule has 16 heavy (non-hydrogen) atoms. The molecule has 0 aliphatic carbocycles. The lowest BCUT2D eigenvalue weighted by atomic mass is 10.2. The molecular weight excluding hydrogens is 202 g/mol. The van der Waals surface area contributed by atoms with E-state index in [0.29, 0.717) is 6.54 Å². The van der Waals surface area contributed by atoms with Gasteiger partial charge < -0.3 is 9.94 Å². The van der Waals surface area contributed by atoms with Gasteiger partial charge in [-0.3, -0.25) is 0 Å². The third-order valence-corrected chi connectivity index (χ3v) is 2.16. The van der Waals surface area contributed by atoms with Gasteiger partial charge in [0, 0.05) is 6.54 Å². The predicted molar refractivity (Wildman–Crippen MR) is 61.6 cm³/mol. The van der Waals surface area contributed by atoms with Crippen LogP contribution in [0.3, 0.4) is 0 Å². The zero-order chi connectivity index (χ0) is 11.2. The normalized spacial score (nSPS) is 10.1. The van der Waals surface area contributed by atoms with E-state index in [4.69, 9.17) is 9.94 Å². The van der Waals surface area contributed by atoms with Crippen molar-refractivity contribution in [2.75, 3.05) is 0 Å². The van der Waals surface area contributed by atoms with Crippen LogP contribution in [-0.4, -0.2) is 5.21 Å². The zero-order valence-electron chi connectivity index (χ0n) is 8.76. The second-order valence-electron chi connectivity index (χ2n) is 3.40. The molecule has 0 aliphatic rings. The SMILES string of the molecule is ONCc1cccc(Oc2ccccc2)c1. The summed E-state index contributed by atoms with van der Waals surface area (Å²) in [6, 6.07) is 17.2. The number of hydroxylamine groups is 1. The molecule has 0 saturated carbocycles. The molecular formula is C13H13NO2. The number of nitrogens with one attached hydrogen (secondary N) is 1. The van der Waals surface area contributed by atoms with Crippen LogP contribution in [0.15, 0.2) is 54.6 Å². The smallest absolute Gasteiger partial charge is 0.127 e. The third-order valence-electron chi connectivity index (χ3n) is 2.16. The maximum Gasteiger partial charge on any atom is 0.127 e. The highest BCUT2D eigenvalue weighted by molar-refractivity contribution is 5.33. The molecule has 82 valence electrons. The van der Waals surface area contributed by atoms with E-state index in [1.165, 1.54) is 0 Å². The number of ether oxygens (including phenoxy) is 1. The fourth-order valence-corrected chi connectivity index (χ4v) is 1.43. The van der Waals surface area contributed by atoms with Crippen LogP contribution in [0.5, 0.6) is 11.5 Å². The van der Waals surface area contributed by atoms with Crippen LogP contribution in [0.1, 0.15) is 5.56 Å². The Balaban J connectivity index is 2.12. The van der Waals surface area contributed by atoms with Crippen LogP contribution in [0.4, 0.5) is 0 Å². The maximum absolute atomic E-state index is 8.61. The number of para-hydroxylation sites is 1. The largest absolute Gasteiger partial charge is 0.457 e. The Bertz CT molecular complexity index is 443. The van der Waals surface area contributed by atoms with Crippen LogP contribution < -0.4 is 10.2 Å². The van der Waals surface area contributed by atoms with Gasteiger partial charge in [-0.15, -0.1) is 0 Å². The summed E-state index contributed by atoms with van der Waals surface area (Å²) in [5.74, 6) is 1.57. The third kappa shape index (κ3) is 2.82. The van der Waals surface area contributed by atoms with Gasteiger partial charge >= 0.3 is 0 Å². The van der Waals surface area contributed by atoms with Crippen molar-refractivity contribution in [3.05, 3.63) is 60.2 Å². The van der Waals surface area contributed by atoms with Gasteiger partial charge in [0.05, 0.1) is 0 Å². The lowest BCUT2D eigenvalue weighted by Gasteiger charge is -2.06. The van der Waals surface area contributed by atoms with E-state index in [1.54, 1.807) is 0 Å². The minimum atomic E-state index is 0.409. The molecule has 0 bridgehead atoms. The van der Waals surface area contributed by atoms with Crippen LogP contribution >= 0.6 is 0 Å². The topological polar surface area (TPSA) is 41.5 Å². The fraction of sp³-hybridized carbons (Fsp3) is 0.0769. The first-order valence-corrected chi connectivity index (χ1v) is 5.07. The van der Waals surface area contributed by atoms with Gasteiger partial charge in [-0.05, 0) is 29.8 Å². The van der Waals surface area contributed by atoms with Crippen LogP contribution in [-0.2, 0) is 6.54 Å². The lowest BCUT2D eigenvalue weighted by molar-refractivity contribution is 0.161. The number of benzene rings is 2. The van der Waals surface area contributed by atoms with Gasteiger partial charge in [0.25, 0.3) is 0 Å². The number of rotatable bonds is 4. The summed E-state index contributed by atoms with van der Waals surface area (Å²) < 4.78 is 5.66. The average molecular weight is 215 g/mol. The molecule has 0 fully saturated rings. The van der Waals surface area contributed by atoms with Crippen molar-refractivity contribution in [2.24, 2.45) is 0 Å². The predicted octanol–water partition coefficient (Wildman–Crippen LogP) is 2.96. The van der Waals surface area contributed by atoms with Gasteiger partial charge in [0.1, 0.15) is 11.5 Å². The van der Waals surface area contributed by atoms with Crippen LogP contribution in [0, 0.1) is 0 Å². The van der Waals surface area contributed by atoms with Gasteiger partial charge in [-0.1, -0.05) is 30.3 Å². The molecule has 2 aromatic carbocycles. The summed E-state index contributed by atoms with van der Waals surface area (Å²) in [4.78, 5) is 0. The Morgan fingerprint density at radius 2 is 1.69 bits per heavy atom. The lowest BCUT2D eigenvalue weighted by Crippen LogP contribution is -2.05. The summed E-state index contributed by atoms with van der Waals surface area (Å²) in [6.07, 6.45) is 0. The molecule has 0 unspecified atom stereocenters. The second-order valence-corrected chi connectivity index (χ2v) is 3.40. The maximum atomic E-state index is 8.61. The molecule has 0 aliphatic heterocycles. The summed E-state index contributed by atoms with van der Waals surface area (Å²) in [6.45, 7) is 0.409. The van der Waals surface area contributed by atoms with Gasteiger partial charge in [-0.25, -0.2) is 5.48 Å².